The first-order valence-electron chi connectivity index (χ1n) is 8.77. The smallest absolute Gasteiger partial charge is 0.371 e. The summed E-state index contributed by atoms with van der Waals surface area (Å²) in [5.74, 6) is -0.651. The van der Waals surface area contributed by atoms with Crippen LogP contribution in [-0.2, 0) is 12.7 Å². The van der Waals surface area contributed by atoms with Crippen LogP contribution < -0.4 is 16.1 Å². The zero-order valence-corrected chi connectivity index (χ0v) is 14.9. The molecule has 0 fully saturated rings. The molecule has 148 valence electrons. The van der Waals surface area contributed by atoms with Gasteiger partial charge < -0.3 is 15.6 Å². The molecule has 8 heteroatoms. The molecule has 0 aliphatic rings. The summed E-state index contributed by atoms with van der Waals surface area (Å²) in [5, 5.41) is 6.81. The second-order valence-electron chi connectivity index (χ2n) is 6.36. The maximum Gasteiger partial charge on any atom is 0.419 e. The van der Waals surface area contributed by atoms with Gasteiger partial charge in [0.15, 0.2) is 5.43 Å². The van der Waals surface area contributed by atoms with Crippen molar-refractivity contribution in [3.63, 3.8) is 0 Å². The third-order valence-electron chi connectivity index (χ3n) is 4.25. The highest BCUT2D eigenvalue weighted by Gasteiger charge is 2.33. The van der Waals surface area contributed by atoms with Crippen LogP contribution in [0.2, 0.25) is 0 Å². The summed E-state index contributed by atoms with van der Waals surface area (Å²) in [5.41, 5.74) is -0.138. The van der Waals surface area contributed by atoms with Crippen LogP contribution >= 0.6 is 0 Å². The monoisotopic (exact) mass is 393 g/mol. The van der Waals surface area contributed by atoms with Crippen molar-refractivity contribution in [3.8, 4) is 0 Å². The number of halogens is 4. The molecule has 0 atom stereocenters. The molecule has 0 aliphatic carbocycles. The van der Waals surface area contributed by atoms with E-state index >= 15 is 0 Å². The number of aromatic amines is 1. The number of nitrogens with one attached hydrogen (secondary N) is 3. The second-order valence-corrected chi connectivity index (χ2v) is 6.36. The minimum atomic E-state index is -4.69. The number of anilines is 1. The van der Waals surface area contributed by atoms with Crippen molar-refractivity contribution in [1.29, 1.82) is 0 Å². The Morgan fingerprint density at radius 2 is 1.79 bits per heavy atom. The SMILES string of the molecule is O=c1cc(NCCCNCc2ccc(C(F)(F)F)c(F)c2)[nH]c2ccccc12. The van der Waals surface area contributed by atoms with Crippen LogP contribution in [0.15, 0.2) is 53.3 Å². The fourth-order valence-electron chi connectivity index (χ4n) is 2.86. The van der Waals surface area contributed by atoms with Crippen LogP contribution in [0.3, 0.4) is 0 Å². The van der Waals surface area contributed by atoms with E-state index in [-0.39, 0.29) is 12.0 Å². The number of fused-ring (bicyclic) bond motifs is 1. The normalized spacial score (nSPS) is 11.7. The summed E-state index contributed by atoms with van der Waals surface area (Å²) in [6.45, 7) is 1.43. The van der Waals surface area contributed by atoms with Gasteiger partial charge in [0.1, 0.15) is 11.6 Å². The zero-order chi connectivity index (χ0) is 20.1. The van der Waals surface area contributed by atoms with E-state index in [4.69, 9.17) is 0 Å². The van der Waals surface area contributed by atoms with E-state index < -0.39 is 17.6 Å². The third kappa shape index (κ3) is 4.89. The molecule has 0 saturated heterocycles. The van der Waals surface area contributed by atoms with Gasteiger partial charge in [-0.1, -0.05) is 18.2 Å². The van der Waals surface area contributed by atoms with Gasteiger partial charge in [0.2, 0.25) is 0 Å². The van der Waals surface area contributed by atoms with Gasteiger partial charge in [-0.2, -0.15) is 13.2 Å². The van der Waals surface area contributed by atoms with Crippen LogP contribution in [-0.4, -0.2) is 18.1 Å². The standard InChI is InChI=1S/C20H19F4N3O/c21-16-10-13(6-7-15(16)20(22,23)24)12-25-8-3-9-26-19-11-18(28)14-4-1-2-5-17(14)27-19/h1-2,4-7,10-11,25H,3,8-9,12H2,(H2,26,27,28). The number of benzene rings is 2. The lowest BCUT2D eigenvalue weighted by Crippen LogP contribution is -2.18. The fraction of sp³-hybridized carbons (Fsp3) is 0.250. The molecule has 0 amide bonds. The Morgan fingerprint density at radius 3 is 2.54 bits per heavy atom. The summed E-state index contributed by atoms with van der Waals surface area (Å²) in [6, 6.07) is 11.6. The van der Waals surface area contributed by atoms with E-state index in [0.29, 0.717) is 36.3 Å². The number of para-hydroxylation sites is 1. The Bertz CT molecular complexity index is 1010. The van der Waals surface area contributed by atoms with Crippen LogP contribution in [0.25, 0.3) is 10.9 Å². The van der Waals surface area contributed by atoms with Crippen molar-refractivity contribution in [2.24, 2.45) is 0 Å². The van der Waals surface area contributed by atoms with Crippen molar-refractivity contribution in [3.05, 3.63) is 75.7 Å². The summed E-state index contributed by atoms with van der Waals surface area (Å²) >= 11 is 0. The molecule has 28 heavy (non-hydrogen) atoms. The van der Waals surface area contributed by atoms with E-state index in [1.165, 1.54) is 12.1 Å². The topological polar surface area (TPSA) is 56.9 Å². The van der Waals surface area contributed by atoms with Crippen LogP contribution in [0.5, 0.6) is 0 Å². The number of hydrogen-bond acceptors (Lipinski definition) is 3. The van der Waals surface area contributed by atoms with E-state index in [2.05, 4.69) is 15.6 Å². The third-order valence-corrected chi connectivity index (χ3v) is 4.25. The molecule has 1 aromatic heterocycles. The predicted octanol–water partition coefficient (Wildman–Crippen LogP) is 4.28. The Labute approximate surface area is 158 Å². The maximum atomic E-state index is 13.5. The molecule has 3 aromatic rings. The Hall–Kier alpha value is -2.87. The number of aromatic nitrogens is 1. The van der Waals surface area contributed by atoms with Gasteiger partial charge in [0.05, 0.1) is 11.1 Å². The summed E-state index contributed by atoms with van der Waals surface area (Å²) in [4.78, 5) is 15.2. The molecular formula is C20H19F4N3O. The van der Waals surface area contributed by atoms with Crippen LogP contribution in [0.1, 0.15) is 17.5 Å². The molecule has 0 aliphatic heterocycles. The largest absolute Gasteiger partial charge is 0.419 e. The molecular weight excluding hydrogens is 374 g/mol. The molecule has 3 N–H and O–H groups in total. The van der Waals surface area contributed by atoms with E-state index in [9.17, 15) is 22.4 Å². The van der Waals surface area contributed by atoms with Gasteiger partial charge in [0.25, 0.3) is 0 Å². The summed E-state index contributed by atoms with van der Waals surface area (Å²) in [7, 11) is 0. The van der Waals surface area contributed by atoms with Crippen LogP contribution in [0.4, 0.5) is 23.4 Å². The Kier molecular flexibility index (Phi) is 5.99. The molecule has 0 unspecified atom stereocenters. The molecule has 0 saturated carbocycles. The number of pyridine rings is 1. The first kappa shape index (κ1) is 19.9. The van der Waals surface area contributed by atoms with Crippen molar-refractivity contribution >= 4 is 16.7 Å². The molecule has 2 aromatic carbocycles. The van der Waals surface area contributed by atoms with E-state index in [1.54, 1.807) is 12.1 Å². The summed E-state index contributed by atoms with van der Waals surface area (Å²) < 4.78 is 51.1. The maximum absolute atomic E-state index is 13.5. The minimum Gasteiger partial charge on any atom is -0.371 e. The molecule has 0 spiro atoms. The highest BCUT2D eigenvalue weighted by atomic mass is 19.4. The van der Waals surface area contributed by atoms with Gasteiger partial charge in [-0.3, -0.25) is 4.79 Å². The lowest BCUT2D eigenvalue weighted by Gasteiger charge is -2.11. The predicted molar refractivity (Wildman–Crippen MR) is 101 cm³/mol. The quantitative estimate of drug-likeness (QED) is 0.415. The van der Waals surface area contributed by atoms with Crippen molar-refractivity contribution in [2.75, 3.05) is 18.4 Å². The molecule has 3 rings (SSSR count). The highest BCUT2D eigenvalue weighted by molar-refractivity contribution is 5.79. The van der Waals surface area contributed by atoms with Gasteiger partial charge in [-0.15, -0.1) is 0 Å². The number of hydrogen-bond donors (Lipinski definition) is 3. The average molecular weight is 393 g/mol. The zero-order valence-electron chi connectivity index (χ0n) is 14.9. The average Bonchev–Trinajstić information content (AvgIpc) is 2.63. The lowest BCUT2D eigenvalue weighted by atomic mass is 10.1. The first-order valence-corrected chi connectivity index (χ1v) is 8.77. The van der Waals surface area contributed by atoms with Gasteiger partial charge >= 0.3 is 6.18 Å². The van der Waals surface area contributed by atoms with Gasteiger partial charge in [-0.25, -0.2) is 4.39 Å². The Balaban J connectivity index is 1.44. The second kappa shape index (κ2) is 8.43. The number of rotatable bonds is 7. The van der Waals surface area contributed by atoms with Gasteiger partial charge in [-0.05, 0) is 42.8 Å². The molecule has 1 heterocycles. The lowest BCUT2D eigenvalue weighted by molar-refractivity contribution is -0.140. The molecule has 4 nitrogen and oxygen atoms in total. The van der Waals surface area contributed by atoms with E-state index in [1.807, 2.05) is 12.1 Å². The minimum absolute atomic E-state index is 0.0701. The van der Waals surface area contributed by atoms with Crippen molar-refractivity contribution in [2.45, 2.75) is 19.1 Å². The molecule has 0 bridgehead atoms. The van der Waals surface area contributed by atoms with E-state index in [0.717, 1.165) is 17.6 Å². The Morgan fingerprint density at radius 1 is 1.00 bits per heavy atom. The number of alkyl halides is 3. The molecule has 0 radical (unpaired) electrons. The highest BCUT2D eigenvalue weighted by Crippen LogP contribution is 2.31. The fourth-order valence-corrected chi connectivity index (χ4v) is 2.86. The van der Waals surface area contributed by atoms with Gasteiger partial charge in [0, 0.05) is 24.5 Å². The van der Waals surface area contributed by atoms with Crippen LogP contribution in [0, 0.1) is 5.82 Å². The van der Waals surface area contributed by atoms with Crippen molar-refractivity contribution < 1.29 is 17.6 Å². The first-order chi connectivity index (χ1) is 13.3. The number of H-pyrrole nitrogens is 1. The van der Waals surface area contributed by atoms with Crippen molar-refractivity contribution in [1.82, 2.24) is 10.3 Å². The summed E-state index contributed by atoms with van der Waals surface area (Å²) in [6.07, 6.45) is -3.98.